The van der Waals surface area contributed by atoms with E-state index in [1.165, 1.54) is 6.42 Å². The Morgan fingerprint density at radius 3 is 2.74 bits per heavy atom. The zero-order valence-electron chi connectivity index (χ0n) is 18.3. The average molecular weight is 429 g/mol. The number of furan rings is 1. The molecule has 0 spiro atoms. The number of rotatable bonds is 5. The molecule has 2 aliphatic heterocycles. The molecule has 0 bridgehead atoms. The van der Waals surface area contributed by atoms with Crippen molar-refractivity contribution in [2.75, 3.05) is 39.4 Å². The molecule has 1 N–H and O–H groups in total. The molecular weight excluding hydrogens is 396 g/mol. The van der Waals surface area contributed by atoms with Gasteiger partial charge in [0.15, 0.2) is 5.58 Å². The standard InChI is InChI=1S/C23H32N4O4/c1-23(22(29)24-17-5-3-2-4-6-17)16-26-18-7-12-31-20(18)15-19(26)21(28)27(23)9-8-25-10-13-30-14-11-25/h7,12,15,17H,2-6,8-11,13-14,16H2,1H3,(H,24,29). The highest BCUT2D eigenvalue weighted by atomic mass is 16.5. The molecule has 168 valence electrons. The summed E-state index contributed by atoms with van der Waals surface area (Å²) in [6.45, 7) is 6.74. The van der Waals surface area contributed by atoms with Crippen LogP contribution < -0.4 is 5.32 Å². The summed E-state index contributed by atoms with van der Waals surface area (Å²) >= 11 is 0. The van der Waals surface area contributed by atoms with Gasteiger partial charge in [0.1, 0.15) is 11.2 Å². The first-order chi connectivity index (χ1) is 15.1. The van der Waals surface area contributed by atoms with Crippen LogP contribution in [-0.2, 0) is 16.1 Å². The van der Waals surface area contributed by atoms with Gasteiger partial charge >= 0.3 is 0 Å². The molecule has 2 fully saturated rings. The molecule has 1 aliphatic carbocycles. The zero-order chi connectivity index (χ0) is 21.4. The van der Waals surface area contributed by atoms with Crippen LogP contribution in [0.1, 0.15) is 49.5 Å². The van der Waals surface area contributed by atoms with Crippen molar-refractivity contribution in [1.82, 2.24) is 19.7 Å². The van der Waals surface area contributed by atoms with E-state index in [0.29, 0.717) is 37.6 Å². The number of nitrogens with one attached hydrogen (secondary N) is 1. The predicted molar refractivity (Wildman–Crippen MR) is 116 cm³/mol. The molecule has 2 aromatic heterocycles. The number of carbonyl (C=O) groups is 2. The molecule has 4 heterocycles. The van der Waals surface area contributed by atoms with Gasteiger partial charge < -0.3 is 23.9 Å². The van der Waals surface area contributed by atoms with E-state index in [1.807, 2.05) is 17.6 Å². The fourth-order valence-corrected chi connectivity index (χ4v) is 5.28. The molecule has 0 aromatic carbocycles. The van der Waals surface area contributed by atoms with Crippen LogP contribution in [0.25, 0.3) is 11.1 Å². The van der Waals surface area contributed by atoms with Crippen molar-refractivity contribution in [3.05, 3.63) is 24.1 Å². The lowest BCUT2D eigenvalue weighted by Crippen LogP contribution is -2.66. The quantitative estimate of drug-likeness (QED) is 0.790. The Morgan fingerprint density at radius 2 is 1.97 bits per heavy atom. The van der Waals surface area contributed by atoms with Crippen molar-refractivity contribution >= 4 is 22.9 Å². The first-order valence-corrected chi connectivity index (χ1v) is 11.6. The summed E-state index contributed by atoms with van der Waals surface area (Å²) < 4.78 is 12.9. The summed E-state index contributed by atoms with van der Waals surface area (Å²) in [5, 5.41) is 3.28. The van der Waals surface area contributed by atoms with E-state index >= 15 is 0 Å². The number of hydrogen-bond acceptors (Lipinski definition) is 5. The molecule has 1 saturated carbocycles. The number of fused-ring (bicyclic) bond motifs is 3. The molecule has 31 heavy (non-hydrogen) atoms. The Balaban J connectivity index is 1.43. The highest BCUT2D eigenvalue weighted by molar-refractivity contribution is 6.02. The summed E-state index contributed by atoms with van der Waals surface area (Å²) in [5.41, 5.74) is 1.21. The second-order valence-corrected chi connectivity index (χ2v) is 9.28. The summed E-state index contributed by atoms with van der Waals surface area (Å²) in [6.07, 6.45) is 7.21. The molecule has 0 radical (unpaired) electrons. The van der Waals surface area contributed by atoms with Crippen molar-refractivity contribution in [1.29, 1.82) is 0 Å². The van der Waals surface area contributed by atoms with Crippen LogP contribution in [0.5, 0.6) is 0 Å². The third-order valence-electron chi connectivity index (χ3n) is 7.22. The first kappa shape index (κ1) is 20.6. The zero-order valence-corrected chi connectivity index (χ0v) is 18.3. The van der Waals surface area contributed by atoms with Gasteiger partial charge in [-0.15, -0.1) is 0 Å². The number of amides is 2. The lowest BCUT2D eigenvalue weighted by atomic mass is 9.91. The Bertz CT molecular complexity index is 954. The summed E-state index contributed by atoms with van der Waals surface area (Å²) in [6, 6.07) is 3.88. The van der Waals surface area contributed by atoms with E-state index in [2.05, 4.69) is 10.2 Å². The molecule has 3 aliphatic rings. The van der Waals surface area contributed by atoms with Crippen LogP contribution in [0.2, 0.25) is 0 Å². The number of carbonyl (C=O) groups excluding carboxylic acids is 2. The highest BCUT2D eigenvalue weighted by Gasteiger charge is 2.48. The van der Waals surface area contributed by atoms with Crippen LogP contribution in [0, 0.1) is 0 Å². The van der Waals surface area contributed by atoms with Gasteiger partial charge in [0, 0.05) is 44.4 Å². The van der Waals surface area contributed by atoms with Gasteiger partial charge in [-0.05, 0) is 19.8 Å². The number of ether oxygens (including phenoxy) is 1. The monoisotopic (exact) mass is 428 g/mol. The van der Waals surface area contributed by atoms with Gasteiger partial charge in [-0.1, -0.05) is 19.3 Å². The minimum absolute atomic E-state index is 0.0503. The smallest absolute Gasteiger partial charge is 0.271 e. The number of aromatic nitrogens is 1. The Hall–Kier alpha value is -2.32. The second kappa shape index (κ2) is 8.31. The average Bonchev–Trinajstić information content (AvgIpc) is 3.37. The molecule has 1 unspecified atom stereocenters. The van der Waals surface area contributed by atoms with Crippen molar-refractivity contribution < 1.29 is 18.7 Å². The van der Waals surface area contributed by atoms with Gasteiger partial charge in [0.25, 0.3) is 5.91 Å². The summed E-state index contributed by atoms with van der Waals surface area (Å²) in [7, 11) is 0. The van der Waals surface area contributed by atoms with Crippen molar-refractivity contribution in [2.45, 2.75) is 57.2 Å². The third kappa shape index (κ3) is 3.76. The van der Waals surface area contributed by atoms with Gasteiger partial charge in [-0.3, -0.25) is 14.5 Å². The molecule has 1 atom stereocenters. The van der Waals surface area contributed by atoms with E-state index in [-0.39, 0.29) is 17.9 Å². The van der Waals surface area contributed by atoms with E-state index in [4.69, 9.17) is 9.15 Å². The van der Waals surface area contributed by atoms with Crippen molar-refractivity contribution in [3.63, 3.8) is 0 Å². The Morgan fingerprint density at radius 1 is 1.19 bits per heavy atom. The van der Waals surface area contributed by atoms with E-state index in [1.54, 1.807) is 17.2 Å². The lowest BCUT2D eigenvalue weighted by Gasteiger charge is -2.45. The third-order valence-corrected chi connectivity index (χ3v) is 7.22. The van der Waals surface area contributed by atoms with Gasteiger partial charge in [0.05, 0.1) is 31.5 Å². The Kier molecular flexibility index (Phi) is 5.52. The topological polar surface area (TPSA) is 80.0 Å². The SMILES string of the molecule is CC1(C(=O)NC2CCCCC2)Cn2c(cc3occc32)C(=O)N1CCN1CCOCC1. The number of hydrogen-bond donors (Lipinski definition) is 1. The molecule has 2 aromatic rings. The van der Waals surface area contributed by atoms with Crippen LogP contribution in [-0.4, -0.2) is 77.2 Å². The predicted octanol–water partition coefficient (Wildman–Crippen LogP) is 2.23. The normalized spacial score (nSPS) is 25.7. The lowest BCUT2D eigenvalue weighted by molar-refractivity contribution is -0.134. The molecule has 8 heteroatoms. The van der Waals surface area contributed by atoms with Crippen molar-refractivity contribution in [3.8, 4) is 0 Å². The first-order valence-electron chi connectivity index (χ1n) is 11.6. The summed E-state index contributed by atoms with van der Waals surface area (Å²) in [5.74, 6) is -0.155. The fraction of sp³-hybridized carbons (Fsp3) is 0.652. The maximum atomic E-state index is 13.6. The maximum Gasteiger partial charge on any atom is 0.271 e. The number of nitrogens with zero attached hydrogens (tertiary/aromatic N) is 3. The molecular formula is C23H32N4O4. The van der Waals surface area contributed by atoms with Gasteiger partial charge in [0.2, 0.25) is 5.91 Å². The minimum Gasteiger partial charge on any atom is -0.463 e. The molecule has 1 saturated heterocycles. The molecule has 2 amide bonds. The number of morpholine rings is 1. The largest absolute Gasteiger partial charge is 0.463 e. The molecule has 8 nitrogen and oxygen atoms in total. The van der Waals surface area contributed by atoms with E-state index in [0.717, 1.165) is 50.8 Å². The van der Waals surface area contributed by atoms with Gasteiger partial charge in [-0.25, -0.2) is 0 Å². The Labute approximate surface area is 182 Å². The van der Waals surface area contributed by atoms with E-state index < -0.39 is 5.54 Å². The minimum atomic E-state index is -0.947. The van der Waals surface area contributed by atoms with Crippen LogP contribution in [0.15, 0.2) is 22.8 Å². The van der Waals surface area contributed by atoms with Crippen molar-refractivity contribution in [2.24, 2.45) is 0 Å². The van der Waals surface area contributed by atoms with E-state index in [9.17, 15) is 9.59 Å². The second-order valence-electron chi connectivity index (χ2n) is 9.28. The fourth-order valence-electron chi connectivity index (χ4n) is 5.28. The highest BCUT2D eigenvalue weighted by Crippen LogP contribution is 2.33. The summed E-state index contributed by atoms with van der Waals surface area (Å²) in [4.78, 5) is 31.3. The maximum absolute atomic E-state index is 13.6. The van der Waals surface area contributed by atoms with Crippen LogP contribution in [0.4, 0.5) is 0 Å². The van der Waals surface area contributed by atoms with Gasteiger partial charge in [-0.2, -0.15) is 0 Å². The molecule has 5 rings (SSSR count). The van der Waals surface area contributed by atoms with Crippen LogP contribution >= 0.6 is 0 Å². The van der Waals surface area contributed by atoms with Crippen LogP contribution in [0.3, 0.4) is 0 Å².